The maximum absolute atomic E-state index is 5.48. The summed E-state index contributed by atoms with van der Waals surface area (Å²) in [5.41, 5.74) is 0. The standard InChI is InChI=1S/C9H18Br2O2/c1-3-9(12-2)13-6-4-5-8(11)7-10/h8-9H,3-7H2,1-2H3/t8?,9-/m0/s1. The first kappa shape index (κ1) is 13.9. The van der Waals surface area contributed by atoms with E-state index in [-0.39, 0.29) is 6.29 Å². The van der Waals surface area contributed by atoms with E-state index in [0.29, 0.717) is 4.83 Å². The quantitative estimate of drug-likeness (QED) is 0.388. The van der Waals surface area contributed by atoms with Crippen molar-refractivity contribution in [3.8, 4) is 0 Å². The van der Waals surface area contributed by atoms with Gasteiger partial charge in [-0.3, -0.25) is 0 Å². The molecule has 0 aromatic heterocycles. The Kier molecular flexibility index (Phi) is 10.1. The molecule has 0 saturated carbocycles. The van der Waals surface area contributed by atoms with E-state index in [1.165, 1.54) is 0 Å². The third kappa shape index (κ3) is 7.91. The minimum Gasteiger partial charge on any atom is -0.356 e. The number of hydrogen-bond acceptors (Lipinski definition) is 2. The first-order valence-corrected chi connectivity index (χ1v) is 6.62. The van der Waals surface area contributed by atoms with Crippen molar-refractivity contribution in [2.45, 2.75) is 37.3 Å². The van der Waals surface area contributed by atoms with Gasteiger partial charge in [-0.2, -0.15) is 0 Å². The molecule has 80 valence electrons. The number of ether oxygens (including phenoxy) is 2. The zero-order chi connectivity index (χ0) is 10.1. The molecule has 0 N–H and O–H groups in total. The van der Waals surface area contributed by atoms with Crippen LogP contribution in [0.25, 0.3) is 0 Å². The second-order valence-electron chi connectivity index (χ2n) is 2.84. The van der Waals surface area contributed by atoms with Crippen molar-refractivity contribution < 1.29 is 9.47 Å². The van der Waals surface area contributed by atoms with E-state index in [0.717, 1.165) is 31.2 Å². The van der Waals surface area contributed by atoms with Crippen molar-refractivity contribution in [2.75, 3.05) is 19.0 Å². The zero-order valence-electron chi connectivity index (χ0n) is 8.26. The molecule has 0 aliphatic heterocycles. The summed E-state index contributed by atoms with van der Waals surface area (Å²) in [6.07, 6.45) is 3.08. The van der Waals surface area contributed by atoms with Crippen LogP contribution in [-0.4, -0.2) is 30.2 Å². The van der Waals surface area contributed by atoms with Crippen LogP contribution >= 0.6 is 31.9 Å². The fourth-order valence-electron chi connectivity index (χ4n) is 0.949. The Labute approximate surface area is 97.6 Å². The zero-order valence-corrected chi connectivity index (χ0v) is 11.4. The predicted molar refractivity (Wildman–Crippen MR) is 62.8 cm³/mol. The molecule has 0 bridgehead atoms. The molecular weight excluding hydrogens is 300 g/mol. The van der Waals surface area contributed by atoms with Crippen LogP contribution in [0.15, 0.2) is 0 Å². The summed E-state index contributed by atoms with van der Waals surface area (Å²) in [5.74, 6) is 0. The average molecular weight is 318 g/mol. The normalized spacial score (nSPS) is 15.7. The topological polar surface area (TPSA) is 18.5 Å². The van der Waals surface area contributed by atoms with E-state index >= 15 is 0 Å². The largest absolute Gasteiger partial charge is 0.356 e. The Morgan fingerprint density at radius 3 is 2.54 bits per heavy atom. The summed E-state index contributed by atoms with van der Waals surface area (Å²) in [5, 5.41) is 0.995. The molecule has 2 atom stereocenters. The van der Waals surface area contributed by atoms with Gasteiger partial charge in [0.15, 0.2) is 6.29 Å². The first-order chi connectivity index (χ1) is 6.24. The highest BCUT2D eigenvalue weighted by molar-refractivity contribution is 9.12. The number of methoxy groups -OCH3 is 1. The fraction of sp³-hybridized carbons (Fsp3) is 1.00. The molecule has 13 heavy (non-hydrogen) atoms. The third-order valence-electron chi connectivity index (χ3n) is 1.73. The molecule has 0 spiro atoms. The molecule has 0 rings (SSSR count). The van der Waals surface area contributed by atoms with Gasteiger partial charge in [-0.05, 0) is 19.3 Å². The van der Waals surface area contributed by atoms with Crippen LogP contribution in [0.5, 0.6) is 0 Å². The van der Waals surface area contributed by atoms with Crippen molar-refractivity contribution in [3.05, 3.63) is 0 Å². The summed E-state index contributed by atoms with van der Waals surface area (Å²) in [6, 6.07) is 0. The van der Waals surface area contributed by atoms with Gasteiger partial charge in [0, 0.05) is 23.9 Å². The summed E-state index contributed by atoms with van der Waals surface area (Å²) in [6.45, 7) is 2.83. The highest BCUT2D eigenvalue weighted by Gasteiger charge is 2.05. The second-order valence-corrected chi connectivity index (χ2v) is 4.78. The number of halogens is 2. The van der Waals surface area contributed by atoms with Crippen LogP contribution in [0.4, 0.5) is 0 Å². The molecule has 0 amide bonds. The summed E-state index contributed by atoms with van der Waals surface area (Å²) in [4.78, 5) is 0.554. The van der Waals surface area contributed by atoms with Crippen molar-refractivity contribution in [3.63, 3.8) is 0 Å². The molecule has 0 fully saturated rings. The van der Waals surface area contributed by atoms with Gasteiger partial charge < -0.3 is 9.47 Å². The predicted octanol–water partition coefficient (Wildman–Crippen LogP) is 3.32. The Morgan fingerprint density at radius 2 is 2.08 bits per heavy atom. The van der Waals surface area contributed by atoms with Crippen LogP contribution in [-0.2, 0) is 9.47 Å². The first-order valence-electron chi connectivity index (χ1n) is 4.59. The monoisotopic (exact) mass is 316 g/mol. The molecule has 1 unspecified atom stereocenters. The van der Waals surface area contributed by atoms with E-state index in [9.17, 15) is 0 Å². The van der Waals surface area contributed by atoms with E-state index in [1.807, 2.05) is 0 Å². The smallest absolute Gasteiger partial charge is 0.156 e. The molecule has 4 heteroatoms. The van der Waals surface area contributed by atoms with Gasteiger partial charge in [-0.15, -0.1) is 0 Å². The molecule has 0 saturated heterocycles. The van der Waals surface area contributed by atoms with Gasteiger partial charge in [0.25, 0.3) is 0 Å². The lowest BCUT2D eigenvalue weighted by Crippen LogP contribution is -2.15. The van der Waals surface area contributed by atoms with Crippen LogP contribution in [0.3, 0.4) is 0 Å². The van der Waals surface area contributed by atoms with Crippen LogP contribution in [0.2, 0.25) is 0 Å². The maximum atomic E-state index is 5.48. The Hall–Kier alpha value is 0.880. The van der Waals surface area contributed by atoms with E-state index in [4.69, 9.17) is 9.47 Å². The lowest BCUT2D eigenvalue weighted by molar-refractivity contribution is -0.125. The van der Waals surface area contributed by atoms with Gasteiger partial charge in [0.1, 0.15) is 0 Å². The third-order valence-corrected chi connectivity index (χ3v) is 4.16. The molecule has 0 aromatic carbocycles. The Morgan fingerprint density at radius 1 is 1.38 bits per heavy atom. The van der Waals surface area contributed by atoms with Crippen LogP contribution in [0, 0.1) is 0 Å². The Bertz CT molecular complexity index is 108. The maximum Gasteiger partial charge on any atom is 0.156 e. The molecule has 0 aliphatic rings. The summed E-state index contributed by atoms with van der Waals surface area (Å²) in [7, 11) is 1.68. The number of hydrogen-bond donors (Lipinski definition) is 0. The highest BCUT2D eigenvalue weighted by Crippen LogP contribution is 2.11. The summed E-state index contributed by atoms with van der Waals surface area (Å²) >= 11 is 6.96. The molecule has 0 radical (unpaired) electrons. The van der Waals surface area contributed by atoms with Crippen LogP contribution in [0.1, 0.15) is 26.2 Å². The second kappa shape index (κ2) is 9.44. The van der Waals surface area contributed by atoms with Gasteiger partial charge in [0.05, 0.1) is 0 Å². The molecule has 0 heterocycles. The van der Waals surface area contributed by atoms with Gasteiger partial charge >= 0.3 is 0 Å². The lowest BCUT2D eigenvalue weighted by Gasteiger charge is -2.14. The summed E-state index contributed by atoms with van der Waals surface area (Å²) < 4.78 is 10.6. The fourth-order valence-corrected chi connectivity index (χ4v) is 1.60. The van der Waals surface area contributed by atoms with Gasteiger partial charge in [-0.25, -0.2) is 0 Å². The van der Waals surface area contributed by atoms with Crippen molar-refractivity contribution in [2.24, 2.45) is 0 Å². The molecular formula is C9H18Br2O2. The van der Waals surface area contributed by atoms with Crippen molar-refractivity contribution in [1.29, 1.82) is 0 Å². The van der Waals surface area contributed by atoms with E-state index < -0.39 is 0 Å². The minimum atomic E-state index is -0.0299. The Balaban J connectivity index is 3.23. The average Bonchev–Trinajstić information content (AvgIpc) is 2.18. The molecule has 0 aliphatic carbocycles. The number of alkyl halides is 2. The SMILES string of the molecule is CC[C@@H](OC)OCCCC(Br)CBr. The molecule has 2 nitrogen and oxygen atoms in total. The van der Waals surface area contributed by atoms with Crippen LogP contribution < -0.4 is 0 Å². The van der Waals surface area contributed by atoms with E-state index in [2.05, 4.69) is 38.8 Å². The lowest BCUT2D eigenvalue weighted by atomic mass is 10.3. The van der Waals surface area contributed by atoms with Crippen molar-refractivity contribution >= 4 is 31.9 Å². The van der Waals surface area contributed by atoms with E-state index in [1.54, 1.807) is 7.11 Å². The minimum absolute atomic E-state index is 0.0299. The number of rotatable bonds is 8. The highest BCUT2D eigenvalue weighted by atomic mass is 79.9. The molecule has 0 aromatic rings. The van der Waals surface area contributed by atoms with Gasteiger partial charge in [-0.1, -0.05) is 38.8 Å². The van der Waals surface area contributed by atoms with Crippen molar-refractivity contribution in [1.82, 2.24) is 0 Å². The van der Waals surface area contributed by atoms with Gasteiger partial charge in [0.2, 0.25) is 0 Å².